The monoisotopic (exact) mass is 1490 g/mol. The second-order valence-corrected chi connectivity index (χ2v) is 30.6. The number of carbonyl (C=O) groups is 5. The molecule has 0 aliphatic carbocycles. The van der Waals surface area contributed by atoms with Gasteiger partial charge in [-0.2, -0.15) is 21.8 Å². The Morgan fingerprint density at radius 2 is 1.01 bits per heavy atom. The molecule has 0 unspecified atom stereocenters. The fourth-order valence-electron chi connectivity index (χ4n) is 10.9. The number of phenols is 1. The quantitative estimate of drug-likeness (QED) is 0.0393. The molecule has 0 bridgehead atoms. The van der Waals surface area contributed by atoms with E-state index in [0.717, 1.165) is 33.8 Å². The van der Waals surface area contributed by atoms with Crippen molar-refractivity contribution in [2.75, 3.05) is 16.0 Å². The first-order valence-electron chi connectivity index (χ1n) is 30.0. The van der Waals surface area contributed by atoms with E-state index in [0.29, 0.717) is 22.1 Å². The van der Waals surface area contributed by atoms with Gasteiger partial charge in [0.1, 0.15) is 28.8 Å². The summed E-state index contributed by atoms with van der Waals surface area (Å²) in [5, 5.41) is 18.6. The molecule has 6 aromatic carbocycles. The second kappa shape index (κ2) is 29.2. The molecule has 0 saturated heterocycles. The first-order valence-corrected chi connectivity index (χ1v) is 36.8. The molecular formula is C67H56ClF2N11O15S5. The van der Waals surface area contributed by atoms with Gasteiger partial charge in [-0.1, -0.05) is 108 Å². The Morgan fingerprint density at radius 3 is 1.45 bits per heavy atom. The average molecular weight is 1490 g/mol. The number of rotatable bonds is 18. The van der Waals surface area contributed by atoms with E-state index in [4.69, 9.17) is 23.8 Å². The number of phenolic OH excluding ortho intramolecular Hbond substituents is 1. The molecule has 101 heavy (non-hydrogen) atoms. The van der Waals surface area contributed by atoms with Gasteiger partial charge in [0.25, 0.3) is 20.9 Å². The zero-order chi connectivity index (χ0) is 72.4. The number of carbonyl (C=O) groups excluding carboxylic acids is 5. The van der Waals surface area contributed by atoms with Crippen LogP contribution in [0.4, 0.5) is 25.0 Å². The van der Waals surface area contributed by atoms with Crippen molar-refractivity contribution in [3.8, 4) is 23.0 Å². The van der Waals surface area contributed by atoms with Crippen LogP contribution in [0.1, 0.15) is 98.1 Å². The molecule has 13 rings (SSSR count). The maximum atomic E-state index is 14.4. The number of H-pyrrole nitrogens is 1. The molecule has 0 radical (unpaired) electrons. The molecule has 0 fully saturated rings. The summed E-state index contributed by atoms with van der Waals surface area (Å²) in [6.45, 7) is 8.42. The van der Waals surface area contributed by atoms with Gasteiger partial charge in [0.05, 0.1) is 41.3 Å². The molecule has 5 amide bonds. The fraction of sp³-hybridized carbons (Fsp3) is 0.164. The molecule has 34 heteroatoms. The number of fused-ring (bicyclic) bond motifs is 4. The third-order valence-corrected chi connectivity index (χ3v) is 22.2. The maximum absolute atomic E-state index is 14.4. The van der Waals surface area contributed by atoms with E-state index >= 15 is 0 Å². The van der Waals surface area contributed by atoms with Crippen molar-refractivity contribution in [3.05, 3.63) is 219 Å². The zero-order valence-electron chi connectivity index (χ0n) is 53.7. The van der Waals surface area contributed by atoms with Gasteiger partial charge >= 0.3 is 20.2 Å². The highest BCUT2D eigenvalue weighted by molar-refractivity contribution is 8.13. The predicted octanol–water partition coefficient (Wildman–Crippen LogP) is 11.5. The number of aromatic nitrogens is 6. The van der Waals surface area contributed by atoms with Crippen LogP contribution >= 0.6 is 33.4 Å². The number of imidazole rings is 1. The number of aromatic amines is 1. The van der Waals surface area contributed by atoms with E-state index in [9.17, 15) is 63.1 Å². The van der Waals surface area contributed by atoms with E-state index in [2.05, 4.69) is 45.9 Å². The number of amides is 5. The number of ether oxygens (including phenoxy) is 1. The van der Waals surface area contributed by atoms with Gasteiger partial charge in [-0.25, -0.2) is 27.2 Å². The lowest BCUT2D eigenvalue weighted by Gasteiger charge is -2.23. The van der Waals surface area contributed by atoms with Gasteiger partial charge in [0, 0.05) is 78.8 Å². The Bertz CT molecular complexity index is 5420. The summed E-state index contributed by atoms with van der Waals surface area (Å²) < 4.78 is 121. The SMILES string of the molecule is CC(=O)Nc1nc(C)c(S(=O)(=O)Oc2c3c(c(O)c4ncccc24)C(=O)N(Cc2ccc(F)cc2)C3)s1.CC(=O)Nc1nc(C)c(S(=O)(=O)Oc2c3c(c(OC(c4ccccc4)c4ccccc4)c4ncccc24)C(=O)N(Cc2ccc(F)cc2)C3)s1.CC(=O)Nc1nc(S(=O)(=O)Cl)c(C)[nH]1. The van der Waals surface area contributed by atoms with Crippen LogP contribution in [0.25, 0.3) is 21.8 Å². The Labute approximate surface area is 587 Å². The minimum absolute atomic E-state index is 0.00314. The number of hydrogen-bond donors (Lipinski definition) is 5. The number of benzene rings is 6. The molecule has 26 nitrogen and oxygen atoms in total. The number of nitrogens with one attached hydrogen (secondary N) is 4. The standard InChI is InChI=1S/C37H29FN4O6S2.C24H19FN4O6S2.C6H8ClN3O3S/c1-22-36(49-37(40-22)41-23(2)43)50(45,46)48-33-28-14-9-19-39-31(28)34(47-32(25-10-5-3-6-11-25)26-12-7-4-8-13-26)30-29(33)21-42(35(30)44)20-24-15-17-27(38)18-16-24;1-12-23(36-24(27-12)28-13(2)30)37(33,34)35-21-16-4-3-9-26-19(16)20(31)18-17(21)11-29(22(18)32)10-14-5-7-15(25)8-6-14;1-3-5(14(7,12)13)10-6(8-3)9-4(2)11/h3-19,32H,20-21H2,1-2H3,(H,40,41,43);3-9,31H,10-11H2,1-2H3,(H,27,28,30);1-2H3,(H2,8,9,10,11). The average Bonchev–Trinajstić information content (AvgIpc) is 1.63. The van der Waals surface area contributed by atoms with Gasteiger partial charge < -0.3 is 43.6 Å². The molecular weight excluding hydrogens is 1430 g/mol. The molecule has 5 aromatic heterocycles. The minimum Gasteiger partial charge on any atom is -0.505 e. The lowest BCUT2D eigenvalue weighted by Crippen LogP contribution is -2.23. The van der Waals surface area contributed by atoms with Gasteiger partial charge in [-0.05, 0) is 91.6 Å². The predicted molar refractivity (Wildman–Crippen MR) is 369 cm³/mol. The lowest BCUT2D eigenvalue weighted by molar-refractivity contribution is -0.115. The van der Waals surface area contributed by atoms with Gasteiger partial charge in [0.15, 0.2) is 46.7 Å². The van der Waals surface area contributed by atoms with Crippen LogP contribution in [-0.2, 0) is 69.8 Å². The molecule has 7 heterocycles. The van der Waals surface area contributed by atoms with E-state index in [1.165, 1.54) is 106 Å². The first-order chi connectivity index (χ1) is 47.9. The highest BCUT2D eigenvalue weighted by atomic mass is 35.7. The number of nitrogens with zero attached hydrogens (tertiary/aromatic N) is 7. The Kier molecular flexibility index (Phi) is 20.6. The van der Waals surface area contributed by atoms with Gasteiger partial charge in [0.2, 0.25) is 23.7 Å². The second-order valence-electron chi connectivity index (χ2n) is 22.6. The van der Waals surface area contributed by atoms with Crippen LogP contribution in [0.2, 0.25) is 0 Å². The van der Waals surface area contributed by atoms with Crippen LogP contribution in [0.5, 0.6) is 23.0 Å². The Morgan fingerprint density at radius 1 is 0.584 bits per heavy atom. The summed E-state index contributed by atoms with van der Waals surface area (Å²) in [7, 11) is -7.77. The van der Waals surface area contributed by atoms with Crippen molar-refractivity contribution in [1.82, 2.24) is 39.7 Å². The van der Waals surface area contributed by atoms with Crippen molar-refractivity contribution >= 4 is 130 Å². The molecule has 0 saturated carbocycles. The highest BCUT2D eigenvalue weighted by Crippen LogP contribution is 2.49. The van der Waals surface area contributed by atoms with Gasteiger partial charge in [-0.3, -0.25) is 39.3 Å². The fourth-order valence-corrected chi connectivity index (χ4v) is 16.8. The largest absolute Gasteiger partial charge is 0.505 e. The maximum Gasteiger partial charge on any atom is 0.350 e. The van der Waals surface area contributed by atoms with Crippen LogP contribution in [0.3, 0.4) is 0 Å². The number of halogens is 3. The molecule has 5 N–H and O–H groups in total. The summed E-state index contributed by atoms with van der Waals surface area (Å²) in [5.74, 6) is -3.34. The van der Waals surface area contributed by atoms with E-state index < -0.39 is 70.7 Å². The van der Waals surface area contributed by atoms with Crippen LogP contribution in [0, 0.1) is 32.4 Å². The van der Waals surface area contributed by atoms with Crippen molar-refractivity contribution in [3.63, 3.8) is 0 Å². The van der Waals surface area contributed by atoms with E-state index in [-0.39, 0.29) is 135 Å². The number of hydrogen-bond acceptors (Lipinski definition) is 22. The topological polar surface area (TPSA) is 358 Å². The van der Waals surface area contributed by atoms with Crippen LogP contribution in [-0.4, -0.2) is 99.6 Å². The summed E-state index contributed by atoms with van der Waals surface area (Å²) in [4.78, 5) is 87.5. The third-order valence-electron chi connectivity index (χ3n) is 15.2. The summed E-state index contributed by atoms with van der Waals surface area (Å²) in [6, 6.07) is 36.9. The van der Waals surface area contributed by atoms with Crippen molar-refractivity contribution < 1.29 is 76.2 Å². The van der Waals surface area contributed by atoms with E-state index in [1.54, 1.807) is 30.3 Å². The minimum atomic E-state index is -4.53. The van der Waals surface area contributed by atoms with Crippen molar-refractivity contribution in [2.45, 2.75) is 87.3 Å². The number of anilines is 3. The highest BCUT2D eigenvalue weighted by Gasteiger charge is 2.41. The Hall–Kier alpha value is -10.8. The normalized spacial score (nSPS) is 12.7. The number of aromatic hydroxyl groups is 1. The van der Waals surface area contributed by atoms with Crippen molar-refractivity contribution in [2.24, 2.45) is 0 Å². The molecule has 2 aliphatic heterocycles. The molecule has 520 valence electrons. The Balaban J connectivity index is 0.000000176. The van der Waals surface area contributed by atoms with Crippen LogP contribution < -0.4 is 29.1 Å². The molecule has 0 atom stereocenters. The molecule has 2 aliphatic rings. The lowest BCUT2D eigenvalue weighted by atomic mass is 9.99. The van der Waals surface area contributed by atoms with Gasteiger partial charge in [-0.15, -0.1) is 0 Å². The first kappa shape index (κ1) is 71.4. The molecule has 11 aromatic rings. The summed E-state index contributed by atoms with van der Waals surface area (Å²) >= 11 is 1.49. The summed E-state index contributed by atoms with van der Waals surface area (Å²) in [5.41, 5.74) is 4.21. The third kappa shape index (κ3) is 15.8. The number of pyridine rings is 2. The van der Waals surface area contributed by atoms with E-state index in [1.807, 2.05) is 60.7 Å². The smallest absolute Gasteiger partial charge is 0.350 e. The van der Waals surface area contributed by atoms with Crippen LogP contribution in [0.15, 0.2) is 159 Å². The summed E-state index contributed by atoms with van der Waals surface area (Å²) in [6.07, 6.45) is 2.27. The zero-order valence-corrected chi connectivity index (χ0v) is 58.6. The number of thiazole rings is 2. The van der Waals surface area contributed by atoms with Crippen molar-refractivity contribution in [1.29, 1.82) is 0 Å². The molecule has 0 spiro atoms. The number of aryl methyl sites for hydroxylation is 3.